The highest BCUT2D eigenvalue weighted by Gasteiger charge is 2.31. The van der Waals surface area contributed by atoms with Crippen molar-refractivity contribution in [1.82, 2.24) is 4.98 Å². The van der Waals surface area contributed by atoms with Gasteiger partial charge in [0.2, 0.25) is 0 Å². The number of pyridine rings is 1. The molecular formula is C12H18BrN3O. The van der Waals surface area contributed by atoms with E-state index in [4.69, 9.17) is 10.5 Å². The number of nitrogens with two attached hydrogens (primary N) is 1. The van der Waals surface area contributed by atoms with Gasteiger partial charge in [0.1, 0.15) is 5.82 Å². The maximum atomic E-state index is 5.70. The fraction of sp³-hybridized carbons (Fsp3) is 0.583. The van der Waals surface area contributed by atoms with Crippen LogP contribution in [0.3, 0.4) is 0 Å². The summed E-state index contributed by atoms with van der Waals surface area (Å²) in [6.45, 7) is 4.01. The van der Waals surface area contributed by atoms with E-state index in [0.717, 1.165) is 36.2 Å². The predicted octanol–water partition coefficient (Wildman–Crippen LogP) is 2.43. The minimum atomic E-state index is -0.0826. The Bertz CT molecular complexity index is 413. The Kier molecular flexibility index (Phi) is 3.58. The highest BCUT2D eigenvalue weighted by Crippen LogP contribution is 2.31. The normalized spacial score (nSPS) is 25.0. The number of hydrogen-bond acceptors (Lipinski definition) is 4. The minimum Gasteiger partial charge on any atom is -0.397 e. The van der Waals surface area contributed by atoms with Gasteiger partial charge in [0.15, 0.2) is 0 Å². The molecule has 2 heterocycles. The van der Waals surface area contributed by atoms with Crippen LogP contribution in [0.2, 0.25) is 0 Å². The molecule has 1 aliphatic heterocycles. The van der Waals surface area contributed by atoms with E-state index in [1.54, 1.807) is 13.3 Å². The van der Waals surface area contributed by atoms with Gasteiger partial charge in [-0.2, -0.15) is 0 Å². The van der Waals surface area contributed by atoms with Crippen LogP contribution in [0, 0.1) is 0 Å². The lowest BCUT2D eigenvalue weighted by Crippen LogP contribution is -2.47. The van der Waals surface area contributed by atoms with Crippen molar-refractivity contribution in [2.45, 2.75) is 25.4 Å². The molecule has 94 valence electrons. The Morgan fingerprint density at radius 3 is 3.00 bits per heavy atom. The molecule has 1 aromatic heterocycles. The Labute approximate surface area is 110 Å². The molecule has 1 unspecified atom stereocenters. The van der Waals surface area contributed by atoms with Crippen LogP contribution in [0.1, 0.15) is 19.8 Å². The molecule has 0 aromatic carbocycles. The Morgan fingerprint density at radius 2 is 2.35 bits per heavy atom. The molecule has 0 saturated carbocycles. The molecule has 0 spiro atoms. The lowest BCUT2D eigenvalue weighted by molar-refractivity contribution is -0.00483. The monoisotopic (exact) mass is 299 g/mol. The van der Waals surface area contributed by atoms with Crippen molar-refractivity contribution in [3.05, 3.63) is 16.7 Å². The van der Waals surface area contributed by atoms with Gasteiger partial charge in [-0.15, -0.1) is 0 Å². The number of nitrogens with zero attached hydrogens (tertiary/aromatic N) is 2. The van der Waals surface area contributed by atoms with Crippen LogP contribution in [-0.2, 0) is 4.74 Å². The van der Waals surface area contributed by atoms with E-state index in [-0.39, 0.29) is 5.60 Å². The first kappa shape index (κ1) is 12.6. The molecule has 1 atom stereocenters. The summed E-state index contributed by atoms with van der Waals surface area (Å²) >= 11 is 3.52. The fourth-order valence-electron chi connectivity index (χ4n) is 2.23. The minimum absolute atomic E-state index is 0.0826. The van der Waals surface area contributed by atoms with Crippen LogP contribution in [0.4, 0.5) is 11.5 Å². The summed E-state index contributed by atoms with van der Waals surface area (Å²) < 4.78 is 6.53. The molecule has 2 rings (SSSR count). The zero-order chi connectivity index (χ0) is 12.5. The number of hydrogen-bond donors (Lipinski definition) is 1. The zero-order valence-electron chi connectivity index (χ0n) is 10.2. The first-order valence-corrected chi connectivity index (χ1v) is 6.54. The third-order valence-electron chi connectivity index (χ3n) is 3.29. The average molecular weight is 300 g/mol. The maximum absolute atomic E-state index is 5.70. The maximum Gasteiger partial charge on any atom is 0.143 e. The summed E-state index contributed by atoms with van der Waals surface area (Å²) in [6, 6.07) is 1.89. The van der Waals surface area contributed by atoms with Crippen molar-refractivity contribution < 1.29 is 4.74 Å². The molecular weight excluding hydrogens is 282 g/mol. The van der Waals surface area contributed by atoms with Crippen LogP contribution in [0.5, 0.6) is 0 Å². The molecule has 1 saturated heterocycles. The van der Waals surface area contributed by atoms with Gasteiger partial charge < -0.3 is 15.4 Å². The number of anilines is 2. The topological polar surface area (TPSA) is 51.4 Å². The Morgan fingerprint density at radius 1 is 1.59 bits per heavy atom. The van der Waals surface area contributed by atoms with Crippen molar-refractivity contribution >= 4 is 27.4 Å². The van der Waals surface area contributed by atoms with Crippen molar-refractivity contribution in [2.75, 3.05) is 30.8 Å². The number of nitrogen functional groups attached to an aromatic ring is 1. The van der Waals surface area contributed by atoms with Gasteiger partial charge in [-0.25, -0.2) is 4.98 Å². The van der Waals surface area contributed by atoms with Crippen molar-refractivity contribution in [3.63, 3.8) is 0 Å². The van der Waals surface area contributed by atoms with Crippen LogP contribution in [0.25, 0.3) is 0 Å². The lowest BCUT2D eigenvalue weighted by atomic mass is 9.95. The molecule has 17 heavy (non-hydrogen) atoms. The molecule has 0 aliphatic carbocycles. The van der Waals surface area contributed by atoms with E-state index < -0.39 is 0 Å². The summed E-state index contributed by atoms with van der Waals surface area (Å²) in [5.74, 6) is 0.946. The Hall–Kier alpha value is -0.810. The fourth-order valence-corrected chi connectivity index (χ4v) is 2.85. The predicted molar refractivity (Wildman–Crippen MR) is 73.2 cm³/mol. The van der Waals surface area contributed by atoms with E-state index in [1.807, 2.05) is 6.07 Å². The molecule has 0 bridgehead atoms. The molecule has 0 amide bonds. The average Bonchev–Trinajstić information content (AvgIpc) is 2.29. The largest absolute Gasteiger partial charge is 0.397 e. The van der Waals surface area contributed by atoms with Gasteiger partial charge in [-0.05, 0) is 41.8 Å². The van der Waals surface area contributed by atoms with Gasteiger partial charge >= 0.3 is 0 Å². The van der Waals surface area contributed by atoms with Gasteiger partial charge in [0.25, 0.3) is 0 Å². The zero-order valence-corrected chi connectivity index (χ0v) is 11.8. The van der Waals surface area contributed by atoms with Crippen molar-refractivity contribution in [3.8, 4) is 0 Å². The molecule has 5 heteroatoms. The Balaban J connectivity index is 2.22. The second-order valence-corrected chi connectivity index (χ2v) is 5.61. The lowest BCUT2D eigenvalue weighted by Gasteiger charge is -2.40. The van der Waals surface area contributed by atoms with Crippen LogP contribution in [-0.4, -0.2) is 30.8 Å². The van der Waals surface area contributed by atoms with Gasteiger partial charge in [0, 0.05) is 20.2 Å². The van der Waals surface area contributed by atoms with Gasteiger partial charge in [-0.3, -0.25) is 0 Å². The smallest absolute Gasteiger partial charge is 0.143 e. The number of rotatable bonds is 2. The van der Waals surface area contributed by atoms with E-state index in [0.29, 0.717) is 5.69 Å². The SMILES string of the molecule is COC1(C)CCCN(c2ncc(N)cc2Br)C1. The van der Waals surface area contributed by atoms with Crippen molar-refractivity contribution in [2.24, 2.45) is 0 Å². The van der Waals surface area contributed by atoms with Gasteiger partial charge in [0.05, 0.1) is 22.0 Å². The first-order valence-electron chi connectivity index (χ1n) is 5.75. The summed E-state index contributed by atoms with van der Waals surface area (Å²) in [5.41, 5.74) is 6.29. The van der Waals surface area contributed by atoms with E-state index >= 15 is 0 Å². The molecule has 4 nitrogen and oxygen atoms in total. The molecule has 1 aliphatic rings. The summed E-state index contributed by atoms with van der Waals surface area (Å²) in [4.78, 5) is 6.65. The first-order chi connectivity index (χ1) is 8.04. The second kappa shape index (κ2) is 4.82. The number of piperidine rings is 1. The number of ether oxygens (including phenoxy) is 1. The summed E-state index contributed by atoms with van der Waals surface area (Å²) in [7, 11) is 1.77. The summed E-state index contributed by atoms with van der Waals surface area (Å²) in [5, 5.41) is 0. The van der Waals surface area contributed by atoms with E-state index in [9.17, 15) is 0 Å². The van der Waals surface area contributed by atoms with Crippen molar-refractivity contribution in [1.29, 1.82) is 0 Å². The highest BCUT2D eigenvalue weighted by molar-refractivity contribution is 9.10. The number of aromatic nitrogens is 1. The highest BCUT2D eigenvalue weighted by atomic mass is 79.9. The second-order valence-electron chi connectivity index (χ2n) is 4.75. The number of halogens is 1. The van der Waals surface area contributed by atoms with Crippen LogP contribution < -0.4 is 10.6 Å². The van der Waals surface area contributed by atoms with Crippen LogP contribution in [0.15, 0.2) is 16.7 Å². The molecule has 2 N–H and O–H groups in total. The third-order valence-corrected chi connectivity index (χ3v) is 3.88. The molecule has 1 aromatic rings. The quantitative estimate of drug-likeness (QED) is 0.911. The van der Waals surface area contributed by atoms with Gasteiger partial charge in [-0.1, -0.05) is 0 Å². The summed E-state index contributed by atoms with van der Waals surface area (Å²) in [6.07, 6.45) is 3.90. The standard InChI is InChI=1S/C12H18BrN3O/c1-12(17-2)4-3-5-16(8-12)11-10(13)6-9(14)7-15-11/h6-7H,3-5,8,14H2,1-2H3. The van der Waals surface area contributed by atoms with Crippen LogP contribution >= 0.6 is 15.9 Å². The molecule has 0 radical (unpaired) electrons. The molecule has 1 fully saturated rings. The van der Waals surface area contributed by atoms with E-state index in [2.05, 4.69) is 32.7 Å². The number of methoxy groups -OCH3 is 1. The third kappa shape index (κ3) is 2.72. The van der Waals surface area contributed by atoms with E-state index in [1.165, 1.54) is 0 Å².